The standard InChI is InChI=1S/C26H35BN2Si/c1-5-28(6-2)27(29(7-3)8-4)30(24-18-12-9-13-19-24,25-20-14-10-15-21-25)26-22-16-11-17-23-26/h9-23H,5-8H2,1-4H3. The fourth-order valence-corrected chi connectivity index (χ4v) is 10.8. The first-order valence-corrected chi connectivity index (χ1v) is 13.5. The van der Waals surface area contributed by atoms with E-state index in [9.17, 15) is 0 Å². The van der Waals surface area contributed by atoms with Crippen molar-refractivity contribution in [2.24, 2.45) is 0 Å². The van der Waals surface area contributed by atoms with Gasteiger partial charge >= 0.3 is 6.57 Å². The van der Waals surface area contributed by atoms with Crippen molar-refractivity contribution in [3.63, 3.8) is 0 Å². The second-order valence-electron chi connectivity index (χ2n) is 7.72. The fraction of sp³-hybridized carbons (Fsp3) is 0.308. The van der Waals surface area contributed by atoms with Gasteiger partial charge in [0.05, 0.1) is 0 Å². The smallest absolute Gasteiger partial charge is 0.311 e. The Hall–Kier alpha value is -2.14. The molecule has 0 spiro atoms. The van der Waals surface area contributed by atoms with Crippen LogP contribution < -0.4 is 15.6 Å². The van der Waals surface area contributed by atoms with Gasteiger partial charge in [-0.1, -0.05) is 134 Å². The third-order valence-electron chi connectivity index (χ3n) is 6.39. The van der Waals surface area contributed by atoms with E-state index >= 15 is 0 Å². The van der Waals surface area contributed by atoms with Crippen molar-refractivity contribution in [2.45, 2.75) is 27.7 Å². The lowest BCUT2D eigenvalue weighted by Crippen LogP contribution is -2.84. The maximum atomic E-state index is 2.69. The summed E-state index contributed by atoms with van der Waals surface area (Å²) in [6.45, 7) is 13.7. The Morgan fingerprint density at radius 3 is 1.00 bits per heavy atom. The first kappa shape index (κ1) is 22.5. The van der Waals surface area contributed by atoms with Crippen molar-refractivity contribution < 1.29 is 0 Å². The monoisotopic (exact) mass is 414 g/mol. The third-order valence-corrected chi connectivity index (χ3v) is 11.6. The normalized spacial score (nSPS) is 11.8. The highest BCUT2D eigenvalue weighted by Gasteiger charge is 2.53. The minimum absolute atomic E-state index is 0.342. The molecule has 4 heteroatoms. The van der Waals surface area contributed by atoms with Crippen LogP contribution in [0, 0.1) is 0 Å². The molecular weight excluding hydrogens is 379 g/mol. The van der Waals surface area contributed by atoms with E-state index in [-0.39, 0.29) is 0 Å². The van der Waals surface area contributed by atoms with Gasteiger partial charge in [0.25, 0.3) is 0 Å². The van der Waals surface area contributed by atoms with Crippen LogP contribution in [0.1, 0.15) is 27.7 Å². The summed E-state index contributed by atoms with van der Waals surface area (Å²) in [5.74, 6) is 0. The molecular formula is C26H35BN2Si. The first-order chi connectivity index (χ1) is 14.7. The molecule has 0 radical (unpaired) electrons. The average molecular weight is 414 g/mol. The number of rotatable bonds is 10. The molecule has 30 heavy (non-hydrogen) atoms. The zero-order valence-corrected chi connectivity index (χ0v) is 20.0. The lowest BCUT2D eigenvalue weighted by atomic mass is 10.0. The molecule has 0 N–H and O–H groups in total. The largest absolute Gasteiger partial charge is 0.330 e. The topological polar surface area (TPSA) is 6.48 Å². The predicted molar refractivity (Wildman–Crippen MR) is 136 cm³/mol. The van der Waals surface area contributed by atoms with E-state index < -0.39 is 7.94 Å². The predicted octanol–water partition coefficient (Wildman–Crippen LogP) is 3.41. The number of benzene rings is 3. The van der Waals surface area contributed by atoms with Gasteiger partial charge in [0.1, 0.15) is 0 Å². The molecule has 0 aromatic heterocycles. The molecule has 0 aliphatic heterocycles. The fourth-order valence-electron chi connectivity index (χ4n) is 4.97. The Labute approximate surface area is 184 Å². The summed E-state index contributed by atoms with van der Waals surface area (Å²) in [7, 11) is -2.41. The Morgan fingerprint density at radius 1 is 0.500 bits per heavy atom. The molecule has 3 rings (SSSR count). The average Bonchev–Trinajstić information content (AvgIpc) is 2.83. The second kappa shape index (κ2) is 10.8. The lowest BCUT2D eigenvalue weighted by molar-refractivity contribution is 0.392. The number of hydrogen-bond donors (Lipinski definition) is 0. The van der Waals surface area contributed by atoms with E-state index in [2.05, 4.69) is 128 Å². The van der Waals surface area contributed by atoms with Crippen molar-refractivity contribution in [3.05, 3.63) is 91.0 Å². The minimum atomic E-state index is -2.41. The molecule has 0 bridgehead atoms. The summed E-state index contributed by atoms with van der Waals surface area (Å²) in [4.78, 5) is 5.37. The molecule has 0 atom stereocenters. The summed E-state index contributed by atoms with van der Waals surface area (Å²) in [6, 6.07) is 33.9. The Kier molecular flexibility index (Phi) is 8.09. The second-order valence-corrected chi connectivity index (χ2v) is 11.6. The van der Waals surface area contributed by atoms with Crippen molar-refractivity contribution in [1.82, 2.24) is 9.62 Å². The van der Waals surface area contributed by atoms with Gasteiger partial charge in [-0.2, -0.15) is 0 Å². The van der Waals surface area contributed by atoms with Gasteiger partial charge in [-0.15, -0.1) is 0 Å². The van der Waals surface area contributed by atoms with E-state index in [1.54, 1.807) is 0 Å². The zero-order valence-electron chi connectivity index (χ0n) is 19.0. The molecule has 0 saturated heterocycles. The van der Waals surface area contributed by atoms with Crippen molar-refractivity contribution >= 4 is 30.1 Å². The van der Waals surface area contributed by atoms with E-state index in [1.807, 2.05) is 0 Å². The quantitative estimate of drug-likeness (QED) is 0.371. The molecule has 3 aromatic carbocycles. The van der Waals surface area contributed by atoms with Crippen LogP contribution in [0.2, 0.25) is 0 Å². The summed E-state index contributed by atoms with van der Waals surface area (Å²) < 4.78 is 0. The van der Waals surface area contributed by atoms with Crippen LogP contribution in [0.15, 0.2) is 91.0 Å². The van der Waals surface area contributed by atoms with Crippen molar-refractivity contribution in [3.8, 4) is 0 Å². The molecule has 2 nitrogen and oxygen atoms in total. The Balaban J connectivity index is 2.45. The summed E-state index contributed by atoms with van der Waals surface area (Å²) >= 11 is 0. The van der Waals surface area contributed by atoms with Crippen LogP contribution >= 0.6 is 0 Å². The van der Waals surface area contributed by atoms with Gasteiger partial charge in [0.2, 0.25) is 0 Å². The molecule has 0 amide bonds. The minimum Gasteiger partial charge on any atom is -0.330 e. The van der Waals surface area contributed by atoms with Gasteiger partial charge in [-0.3, -0.25) is 0 Å². The number of hydrogen-bond acceptors (Lipinski definition) is 2. The van der Waals surface area contributed by atoms with Gasteiger partial charge in [0.15, 0.2) is 7.94 Å². The Bertz CT molecular complexity index is 757. The molecule has 0 fully saturated rings. The highest BCUT2D eigenvalue weighted by atomic mass is 28.3. The van der Waals surface area contributed by atoms with Gasteiger partial charge < -0.3 is 9.62 Å². The molecule has 0 saturated carbocycles. The zero-order chi connectivity index (χ0) is 21.4. The summed E-state index contributed by atoms with van der Waals surface area (Å²) in [5.41, 5.74) is 0. The molecule has 0 aliphatic rings. The van der Waals surface area contributed by atoms with Crippen LogP contribution in [0.4, 0.5) is 0 Å². The third kappa shape index (κ3) is 4.18. The van der Waals surface area contributed by atoms with E-state index in [1.165, 1.54) is 15.6 Å². The summed E-state index contributed by atoms with van der Waals surface area (Å²) in [6.07, 6.45) is 0. The molecule has 3 aromatic rings. The SMILES string of the molecule is CCN(CC)B(N(CC)CC)[Si](c1ccccc1)(c1ccccc1)c1ccccc1. The molecule has 0 aliphatic carbocycles. The van der Waals surface area contributed by atoms with Crippen LogP contribution in [0.3, 0.4) is 0 Å². The highest BCUT2D eigenvalue weighted by Crippen LogP contribution is 2.18. The molecule has 156 valence electrons. The van der Waals surface area contributed by atoms with Gasteiger partial charge in [-0.05, 0) is 26.2 Å². The Morgan fingerprint density at radius 2 is 0.767 bits per heavy atom. The van der Waals surface area contributed by atoms with Gasteiger partial charge in [0, 0.05) is 0 Å². The van der Waals surface area contributed by atoms with Crippen LogP contribution in [0.25, 0.3) is 0 Å². The maximum absolute atomic E-state index is 2.69. The van der Waals surface area contributed by atoms with E-state index in [0.717, 1.165) is 26.2 Å². The van der Waals surface area contributed by atoms with Crippen molar-refractivity contribution in [1.29, 1.82) is 0 Å². The van der Waals surface area contributed by atoms with Crippen molar-refractivity contribution in [2.75, 3.05) is 26.2 Å². The van der Waals surface area contributed by atoms with Crippen LogP contribution in [-0.2, 0) is 0 Å². The van der Waals surface area contributed by atoms with E-state index in [4.69, 9.17) is 0 Å². The number of nitrogens with zero attached hydrogens (tertiary/aromatic N) is 2. The lowest BCUT2D eigenvalue weighted by Gasteiger charge is -2.47. The molecule has 0 unspecified atom stereocenters. The van der Waals surface area contributed by atoms with Crippen LogP contribution in [0.5, 0.6) is 0 Å². The summed E-state index contributed by atoms with van der Waals surface area (Å²) in [5, 5.41) is 4.43. The van der Waals surface area contributed by atoms with Crippen LogP contribution in [-0.4, -0.2) is 50.3 Å². The highest BCUT2D eigenvalue weighted by molar-refractivity contribution is 7.48. The van der Waals surface area contributed by atoms with E-state index in [0.29, 0.717) is 6.57 Å². The molecule has 0 heterocycles. The van der Waals surface area contributed by atoms with Gasteiger partial charge in [-0.25, -0.2) is 0 Å². The maximum Gasteiger partial charge on any atom is 0.311 e. The first-order valence-electron chi connectivity index (χ1n) is 11.4.